The molecule has 17 heavy (non-hydrogen) atoms. The van der Waals surface area contributed by atoms with Crippen LogP contribution in [-0.4, -0.2) is 26.0 Å². The van der Waals surface area contributed by atoms with Crippen LogP contribution >= 0.6 is 27.3 Å². The van der Waals surface area contributed by atoms with Gasteiger partial charge in [-0.2, -0.15) is 0 Å². The number of rotatable bonds is 3. The van der Waals surface area contributed by atoms with Crippen LogP contribution in [0.1, 0.15) is 19.3 Å². The van der Waals surface area contributed by atoms with E-state index in [1.807, 2.05) is 18.5 Å². The lowest BCUT2D eigenvalue weighted by Crippen LogP contribution is -2.34. The highest BCUT2D eigenvalue weighted by molar-refractivity contribution is 9.10. The molecule has 1 aliphatic rings. The van der Waals surface area contributed by atoms with Gasteiger partial charge in [-0.05, 0) is 53.8 Å². The molecule has 3 nitrogen and oxygen atoms in total. The van der Waals surface area contributed by atoms with Crippen molar-refractivity contribution in [3.63, 3.8) is 0 Å². The van der Waals surface area contributed by atoms with E-state index < -0.39 is 0 Å². The first-order chi connectivity index (χ1) is 8.16. The fourth-order valence-electron chi connectivity index (χ4n) is 2.08. The minimum Gasteiger partial charge on any atom is -0.316 e. The monoisotopic (exact) mass is 316 g/mol. The van der Waals surface area contributed by atoms with Gasteiger partial charge in [-0.15, -0.1) is 11.3 Å². The highest BCUT2D eigenvalue weighted by Gasteiger charge is 2.20. The highest BCUT2D eigenvalue weighted by atomic mass is 79.9. The van der Waals surface area contributed by atoms with Crippen molar-refractivity contribution in [3.8, 4) is 0 Å². The van der Waals surface area contributed by atoms with E-state index in [0.29, 0.717) is 12.3 Å². The third-order valence-corrected chi connectivity index (χ3v) is 4.89. The maximum atomic E-state index is 12.1. The number of amides is 1. The van der Waals surface area contributed by atoms with Crippen LogP contribution in [0.5, 0.6) is 0 Å². The molecule has 2 heterocycles. The molecule has 1 unspecified atom stereocenters. The predicted octanol–water partition coefficient (Wildman–Crippen LogP) is 2.86. The lowest BCUT2D eigenvalue weighted by molar-refractivity contribution is -0.119. The fraction of sp³-hybridized carbons (Fsp3) is 0.583. The van der Waals surface area contributed by atoms with Gasteiger partial charge in [-0.3, -0.25) is 4.79 Å². The summed E-state index contributed by atoms with van der Waals surface area (Å²) in [5.41, 5.74) is 0. The summed E-state index contributed by atoms with van der Waals surface area (Å²) in [6, 6.07) is 1.99. The third kappa shape index (κ3) is 3.53. The predicted molar refractivity (Wildman–Crippen MR) is 75.6 cm³/mol. The molecule has 1 aliphatic heterocycles. The van der Waals surface area contributed by atoms with Gasteiger partial charge in [-0.25, -0.2) is 0 Å². The summed E-state index contributed by atoms with van der Waals surface area (Å²) in [6.45, 7) is 2.08. The van der Waals surface area contributed by atoms with Crippen LogP contribution in [0.3, 0.4) is 0 Å². The van der Waals surface area contributed by atoms with E-state index >= 15 is 0 Å². The number of hydrogen-bond donors (Lipinski definition) is 1. The van der Waals surface area contributed by atoms with Crippen LogP contribution in [0.25, 0.3) is 0 Å². The van der Waals surface area contributed by atoms with E-state index in [1.165, 1.54) is 12.8 Å². The molecule has 1 amide bonds. The minimum atomic E-state index is 0.216. The quantitative estimate of drug-likeness (QED) is 0.930. The Morgan fingerprint density at radius 1 is 1.71 bits per heavy atom. The Balaban J connectivity index is 1.90. The average molecular weight is 317 g/mol. The molecule has 0 spiro atoms. The molecular formula is C12H17BrN2OS. The second-order valence-corrected chi connectivity index (χ2v) is 6.28. The number of carbonyl (C=O) groups is 1. The van der Waals surface area contributed by atoms with Crippen molar-refractivity contribution in [1.29, 1.82) is 0 Å². The van der Waals surface area contributed by atoms with Gasteiger partial charge in [0.25, 0.3) is 0 Å². The van der Waals surface area contributed by atoms with Crippen molar-refractivity contribution in [2.75, 3.05) is 25.0 Å². The average Bonchev–Trinajstić information content (AvgIpc) is 2.76. The standard InChI is InChI=1S/C12H17BrN2OS/c1-15(12-6-10(13)8-17-12)11(16)5-9-3-2-4-14-7-9/h6,8-9,14H,2-5,7H2,1H3. The number of anilines is 1. The smallest absolute Gasteiger partial charge is 0.227 e. The zero-order valence-electron chi connectivity index (χ0n) is 9.91. The van der Waals surface area contributed by atoms with Gasteiger partial charge in [0.05, 0.1) is 5.00 Å². The van der Waals surface area contributed by atoms with Crippen molar-refractivity contribution >= 4 is 38.2 Å². The van der Waals surface area contributed by atoms with Gasteiger partial charge < -0.3 is 10.2 Å². The molecule has 1 atom stereocenters. The van der Waals surface area contributed by atoms with E-state index in [9.17, 15) is 4.79 Å². The van der Waals surface area contributed by atoms with Crippen LogP contribution in [0, 0.1) is 5.92 Å². The number of halogens is 1. The Hall–Kier alpha value is -0.390. The number of thiophene rings is 1. The molecular weight excluding hydrogens is 300 g/mol. The minimum absolute atomic E-state index is 0.216. The number of nitrogens with one attached hydrogen (secondary N) is 1. The Bertz CT molecular complexity index is 388. The van der Waals surface area contributed by atoms with Crippen molar-refractivity contribution in [3.05, 3.63) is 15.9 Å². The molecule has 1 N–H and O–H groups in total. The number of hydrogen-bond acceptors (Lipinski definition) is 3. The molecule has 0 aromatic carbocycles. The zero-order chi connectivity index (χ0) is 12.3. The maximum Gasteiger partial charge on any atom is 0.227 e. The number of nitrogens with zero attached hydrogens (tertiary/aromatic N) is 1. The summed E-state index contributed by atoms with van der Waals surface area (Å²) < 4.78 is 1.04. The molecule has 1 aromatic rings. The second kappa shape index (κ2) is 5.98. The van der Waals surface area contributed by atoms with E-state index in [4.69, 9.17) is 0 Å². The van der Waals surface area contributed by atoms with Gasteiger partial charge in [0, 0.05) is 23.3 Å². The van der Waals surface area contributed by atoms with Crippen LogP contribution in [0.2, 0.25) is 0 Å². The normalized spacial score (nSPS) is 20.2. The third-order valence-electron chi connectivity index (χ3n) is 3.12. The van der Waals surface area contributed by atoms with Gasteiger partial charge >= 0.3 is 0 Å². The van der Waals surface area contributed by atoms with Gasteiger partial charge in [0.1, 0.15) is 0 Å². The first kappa shape index (κ1) is 13.1. The van der Waals surface area contributed by atoms with Gasteiger partial charge in [0.2, 0.25) is 5.91 Å². The summed E-state index contributed by atoms with van der Waals surface area (Å²) in [5, 5.41) is 6.35. The summed E-state index contributed by atoms with van der Waals surface area (Å²) in [4.78, 5) is 13.9. The lowest BCUT2D eigenvalue weighted by atomic mass is 9.96. The van der Waals surface area contributed by atoms with Crippen LogP contribution < -0.4 is 10.2 Å². The SMILES string of the molecule is CN(C(=O)CC1CCCNC1)c1cc(Br)cs1. The molecule has 0 aliphatic carbocycles. The molecule has 0 bridgehead atoms. The summed E-state index contributed by atoms with van der Waals surface area (Å²) >= 11 is 5.00. The van der Waals surface area contributed by atoms with Crippen molar-refractivity contribution in [2.45, 2.75) is 19.3 Å². The zero-order valence-corrected chi connectivity index (χ0v) is 12.3. The molecule has 1 aromatic heterocycles. The van der Waals surface area contributed by atoms with E-state index in [2.05, 4.69) is 21.2 Å². The van der Waals surface area contributed by atoms with Gasteiger partial charge in [0.15, 0.2) is 0 Å². The lowest BCUT2D eigenvalue weighted by Gasteiger charge is -2.24. The molecule has 0 radical (unpaired) electrons. The number of carbonyl (C=O) groups excluding carboxylic acids is 1. The van der Waals surface area contributed by atoms with Crippen LogP contribution in [0.15, 0.2) is 15.9 Å². The molecule has 1 fully saturated rings. The largest absolute Gasteiger partial charge is 0.316 e. The summed E-state index contributed by atoms with van der Waals surface area (Å²) in [6.07, 6.45) is 3.01. The van der Waals surface area contributed by atoms with E-state index in [1.54, 1.807) is 16.2 Å². The van der Waals surface area contributed by atoms with Crippen LogP contribution in [0.4, 0.5) is 5.00 Å². The Morgan fingerprint density at radius 2 is 2.53 bits per heavy atom. The molecule has 1 saturated heterocycles. The maximum absolute atomic E-state index is 12.1. The Morgan fingerprint density at radius 3 is 3.12 bits per heavy atom. The fourth-order valence-corrected chi connectivity index (χ4v) is 3.49. The van der Waals surface area contributed by atoms with E-state index in [0.717, 1.165) is 22.6 Å². The highest BCUT2D eigenvalue weighted by Crippen LogP contribution is 2.28. The van der Waals surface area contributed by atoms with Crippen LogP contribution in [-0.2, 0) is 4.79 Å². The first-order valence-corrected chi connectivity index (χ1v) is 7.55. The first-order valence-electron chi connectivity index (χ1n) is 5.88. The Labute approximate surface area is 114 Å². The topological polar surface area (TPSA) is 32.3 Å². The molecule has 5 heteroatoms. The molecule has 0 saturated carbocycles. The van der Waals surface area contributed by atoms with Crippen molar-refractivity contribution in [1.82, 2.24) is 5.32 Å². The van der Waals surface area contributed by atoms with Crippen molar-refractivity contribution in [2.24, 2.45) is 5.92 Å². The van der Waals surface area contributed by atoms with Crippen molar-refractivity contribution < 1.29 is 4.79 Å². The van der Waals surface area contributed by atoms with E-state index in [-0.39, 0.29) is 5.91 Å². The summed E-state index contributed by atoms with van der Waals surface area (Å²) in [7, 11) is 1.86. The second-order valence-electron chi connectivity index (χ2n) is 4.47. The Kier molecular flexibility index (Phi) is 4.59. The molecule has 94 valence electrons. The number of piperidine rings is 1. The van der Waals surface area contributed by atoms with Gasteiger partial charge in [-0.1, -0.05) is 0 Å². The molecule has 2 rings (SSSR count). The summed E-state index contributed by atoms with van der Waals surface area (Å²) in [5.74, 6) is 0.718.